The predicted molar refractivity (Wildman–Crippen MR) is 135 cm³/mol. The molecule has 6 N–H and O–H groups in total. The maximum atomic E-state index is 10.4. The Morgan fingerprint density at radius 2 is 2.06 bits per heavy atom. The lowest BCUT2D eigenvalue weighted by Crippen LogP contribution is -2.32. The number of phenols is 1. The minimum Gasteiger partial charge on any atom is -0.508 e. The molecule has 34 heavy (non-hydrogen) atoms. The van der Waals surface area contributed by atoms with Crippen LogP contribution in [0.2, 0.25) is 0 Å². The van der Waals surface area contributed by atoms with Crippen LogP contribution in [0.15, 0.2) is 41.7 Å². The SMILES string of the molecule is CN/C(=C\[N+](=O)[O-])NCCSCc1csc(CN(C)C)n1.NC(Cc1ccc(O)cc1)C(=O)O. The van der Waals surface area contributed by atoms with Crippen LogP contribution in [0.3, 0.4) is 0 Å². The van der Waals surface area contributed by atoms with Gasteiger partial charge in [0.25, 0.3) is 6.20 Å². The summed E-state index contributed by atoms with van der Waals surface area (Å²) in [5.41, 5.74) is 7.22. The number of thioether (sulfide) groups is 1. The summed E-state index contributed by atoms with van der Waals surface area (Å²) in [7, 11) is 5.70. The fraction of sp³-hybridized carbons (Fsp3) is 0.429. The summed E-state index contributed by atoms with van der Waals surface area (Å²) in [6, 6.07) is 5.42. The number of aliphatic carboxylic acids is 1. The first-order valence-electron chi connectivity index (χ1n) is 10.3. The van der Waals surface area contributed by atoms with Crippen molar-refractivity contribution in [2.45, 2.75) is 24.8 Å². The second-order valence-corrected chi connectivity index (χ2v) is 9.39. The monoisotopic (exact) mass is 512 g/mol. The summed E-state index contributed by atoms with van der Waals surface area (Å²) in [5, 5.41) is 36.8. The van der Waals surface area contributed by atoms with Gasteiger partial charge in [-0.05, 0) is 38.2 Å². The quantitative estimate of drug-likeness (QED) is 0.150. The molecule has 0 radical (unpaired) electrons. The number of hydrogen-bond donors (Lipinski definition) is 5. The van der Waals surface area contributed by atoms with Gasteiger partial charge in [0.15, 0.2) is 5.82 Å². The average Bonchev–Trinajstić information content (AvgIpc) is 3.20. The van der Waals surface area contributed by atoms with E-state index in [1.54, 1.807) is 42.3 Å². The first-order chi connectivity index (χ1) is 16.1. The summed E-state index contributed by atoms with van der Waals surface area (Å²) in [6.07, 6.45) is 1.20. The number of phenolic OH excluding ortho intramolecular Hbond substituents is 1. The number of carbonyl (C=O) groups is 1. The number of nitro groups is 1. The second kappa shape index (κ2) is 15.9. The van der Waals surface area contributed by atoms with E-state index in [-0.39, 0.29) is 12.2 Å². The molecule has 2 rings (SSSR count). The third kappa shape index (κ3) is 13.0. The van der Waals surface area contributed by atoms with Crippen LogP contribution in [0.25, 0.3) is 0 Å². The number of thiazole rings is 1. The highest BCUT2D eigenvalue weighted by Gasteiger charge is 2.11. The zero-order chi connectivity index (χ0) is 25.5. The van der Waals surface area contributed by atoms with E-state index >= 15 is 0 Å². The molecule has 0 amide bonds. The molecule has 188 valence electrons. The Kier molecular flexibility index (Phi) is 13.6. The Bertz CT molecular complexity index is 921. The number of carboxylic acids is 1. The maximum Gasteiger partial charge on any atom is 0.320 e. The molecule has 1 unspecified atom stereocenters. The molecule has 0 saturated heterocycles. The van der Waals surface area contributed by atoms with Crippen LogP contribution in [-0.4, -0.2) is 70.5 Å². The summed E-state index contributed by atoms with van der Waals surface area (Å²) in [4.78, 5) is 26.9. The molecule has 1 aromatic heterocycles. The summed E-state index contributed by atoms with van der Waals surface area (Å²) < 4.78 is 0. The van der Waals surface area contributed by atoms with Crippen molar-refractivity contribution in [3.05, 3.63) is 68.0 Å². The molecule has 0 spiro atoms. The molecule has 11 nitrogen and oxygen atoms in total. The van der Waals surface area contributed by atoms with Gasteiger partial charge in [-0.25, -0.2) is 4.98 Å². The standard InChI is InChI=1S/C12H21N5O2S2.C9H11NO3/c1-13-11(6-17(18)19)14-4-5-20-8-10-9-21-12(15-10)7-16(2)3;10-8(9(12)13)5-6-1-3-7(11)4-2-6/h6,9,13-14H,4-5,7-8H2,1-3H3;1-4,8,11H,5,10H2,(H,12,13)/b11-6+;. The summed E-state index contributed by atoms with van der Waals surface area (Å²) in [6.45, 7) is 1.54. The lowest BCUT2D eigenvalue weighted by molar-refractivity contribution is -0.404. The molecule has 0 aliphatic rings. The molecular weight excluding hydrogens is 480 g/mol. The average molecular weight is 513 g/mol. The van der Waals surface area contributed by atoms with Crippen molar-refractivity contribution in [2.75, 3.05) is 33.4 Å². The number of aromatic hydroxyl groups is 1. The Balaban J connectivity index is 0.000000380. The van der Waals surface area contributed by atoms with Crippen molar-refractivity contribution in [1.29, 1.82) is 0 Å². The van der Waals surface area contributed by atoms with Gasteiger partial charge < -0.3 is 31.5 Å². The molecule has 1 atom stereocenters. The van der Waals surface area contributed by atoms with Gasteiger partial charge in [0, 0.05) is 37.0 Å². The van der Waals surface area contributed by atoms with Crippen LogP contribution in [-0.2, 0) is 23.5 Å². The van der Waals surface area contributed by atoms with E-state index < -0.39 is 16.9 Å². The highest BCUT2D eigenvalue weighted by atomic mass is 32.2. The Morgan fingerprint density at radius 1 is 1.38 bits per heavy atom. The van der Waals surface area contributed by atoms with Crippen LogP contribution in [0.1, 0.15) is 16.3 Å². The largest absolute Gasteiger partial charge is 0.508 e. The van der Waals surface area contributed by atoms with Crippen molar-refractivity contribution in [2.24, 2.45) is 5.73 Å². The van der Waals surface area contributed by atoms with E-state index in [4.69, 9.17) is 15.9 Å². The normalized spacial score (nSPS) is 12.0. The zero-order valence-electron chi connectivity index (χ0n) is 19.4. The first-order valence-corrected chi connectivity index (χ1v) is 12.3. The van der Waals surface area contributed by atoms with Gasteiger partial charge in [-0.15, -0.1) is 11.3 Å². The van der Waals surface area contributed by atoms with Gasteiger partial charge in [0.2, 0.25) is 0 Å². The second-order valence-electron chi connectivity index (χ2n) is 7.34. The number of carboxylic acid groups (broad SMARTS) is 1. The van der Waals surface area contributed by atoms with Crippen LogP contribution < -0.4 is 16.4 Å². The number of rotatable bonds is 13. The highest BCUT2D eigenvalue weighted by Crippen LogP contribution is 2.16. The van der Waals surface area contributed by atoms with Gasteiger partial charge in [-0.1, -0.05) is 12.1 Å². The highest BCUT2D eigenvalue weighted by molar-refractivity contribution is 7.98. The van der Waals surface area contributed by atoms with Crippen LogP contribution >= 0.6 is 23.1 Å². The molecule has 0 bridgehead atoms. The Morgan fingerprint density at radius 3 is 2.62 bits per heavy atom. The van der Waals surface area contributed by atoms with Crippen molar-refractivity contribution < 1.29 is 19.9 Å². The van der Waals surface area contributed by atoms with E-state index in [0.29, 0.717) is 12.4 Å². The number of benzene rings is 1. The smallest absolute Gasteiger partial charge is 0.320 e. The summed E-state index contributed by atoms with van der Waals surface area (Å²) in [5.74, 6) is 1.28. The van der Waals surface area contributed by atoms with Gasteiger partial charge in [-0.3, -0.25) is 14.9 Å². The number of aromatic nitrogens is 1. The fourth-order valence-electron chi connectivity index (χ4n) is 2.47. The molecule has 1 aromatic carbocycles. The van der Waals surface area contributed by atoms with Gasteiger partial charge in [0.1, 0.15) is 16.8 Å². The zero-order valence-corrected chi connectivity index (χ0v) is 21.1. The lowest BCUT2D eigenvalue weighted by atomic mass is 10.1. The first kappa shape index (κ1) is 29.2. The van der Waals surface area contributed by atoms with Crippen LogP contribution in [0, 0.1) is 10.1 Å². The molecule has 0 aliphatic heterocycles. The molecule has 0 aliphatic carbocycles. The van der Waals surface area contributed by atoms with E-state index in [1.165, 1.54) is 12.1 Å². The molecule has 0 saturated carbocycles. The number of hydrogen-bond acceptors (Lipinski definition) is 11. The Labute approximate surface area is 207 Å². The van der Waals surface area contributed by atoms with Crippen molar-refractivity contribution in [3.8, 4) is 5.75 Å². The van der Waals surface area contributed by atoms with Gasteiger partial charge in [-0.2, -0.15) is 11.8 Å². The van der Waals surface area contributed by atoms with Crippen molar-refractivity contribution in [1.82, 2.24) is 20.5 Å². The minimum absolute atomic E-state index is 0.160. The van der Waals surface area contributed by atoms with E-state index in [9.17, 15) is 14.9 Å². The number of nitrogens with two attached hydrogens (primary N) is 1. The molecule has 13 heteroatoms. The van der Waals surface area contributed by atoms with E-state index in [0.717, 1.165) is 40.5 Å². The fourth-order valence-corrected chi connectivity index (χ4v) is 4.23. The third-order valence-electron chi connectivity index (χ3n) is 4.08. The lowest BCUT2D eigenvalue weighted by Gasteiger charge is -2.07. The van der Waals surface area contributed by atoms with E-state index in [1.807, 2.05) is 14.1 Å². The topological polar surface area (TPSA) is 167 Å². The van der Waals surface area contributed by atoms with Gasteiger partial charge >= 0.3 is 5.97 Å². The van der Waals surface area contributed by atoms with E-state index in [2.05, 4.69) is 25.9 Å². The maximum absolute atomic E-state index is 10.4. The molecular formula is C21H32N6O5S2. The molecule has 2 aromatic rings. The van der Waals surface area contributed by atoms with Crippen molar-refractivity contribution >= 4 is 29.1 Å². The third-order valence-corrected chi connectivity index (χ3v) is 5.95. The van der Waals surface area contributed by atoms with Crippen molar-refractivity contribution in [3.63, 3.8) is 0 Å². The van der Waals surface area contributed by atoms with Gasteiger partial charge in [0.05, 0.1) is 10.6 Å². The summed E-state index contributed by atoms with van der Waals surface area (Å²) >= 11 is 3.43. The predicted octanol–water partition coefficient (Wildman–Crippen LogP) is 1.67. The number of nitrogens with zero attached hydrogens (tertiary/aromatic N) is 3. The molecule has 1 heterocycles. The van der Waals surface area contributed by atoms with Crippen LogP contribution in [0.5, 0.6) is 5.75 Å². The Hall–Kier alpha value is -2.87. The van der Waals surface area contributed by atoms with Crippen LogP contribution in [0.4, 0.5) is 0 Å². The number of nitrogens with one attached hydrogen (secondary N) is 2. The minimum atomic E-state index is -1.02. The molecule has 0 fully saturated rings.